The number of benzene rings is 1. The molecule has 0 aromatic heterocycles. The molecule has 2 atom stereocenters. The predicted molar refractivity (Wildman–Crippen MR) is 105 cm³/mol. The first kappa shape index (κ1) is 20.6. The molecular formula is C21H26N4O4. The van der Waals surface area contributed by atoms with Crippen LogP contribution in [0.25, 0.3) is 0 Å². The lowest BCUT2D eigenvalue weighted by atomic mass is 9.93. The number of carbonyl (C=O) groups excluding carboxylic acids is 3. The van der Waals surface area contributed by atoms with Gasteiger partial charge in [0.05, 0.1) is 13.2 Å². The first-order chi connectivity index (χ1) is 13.7. The minimum atomic E-state index is -1.08. The third-order valence-electron chi connectivity index (χ3n) is 5.74. The molecule has 2 aliphatic rings. The van der Waals surface area contributed by atoms with Crippen LogP contribution < -0.4 is 15.4 Å². The zero-order valence-electron chi connectivity index (χ0n) is 16.9. The lowest BCUT2D eigenvalue weighted by Gasteiger charge is -2.24. The highest BCUT2D eigenvalue weighted by atomic mass is 16.5. The summed E-state index contributed by atoms with van der Waals surface area (Å²) in [7, 11) is 1.59. The Morgan fingerprint density at radius 1 is 1.38 bits per heavy atom. The van der Waals surface area contributed by atoms with Crippen molar-refractivity contribution >= 4 is 17.8 Å². The number of hydrogen-bond donors (Lipinski definition) is 2. The molecule has 8 heteroatoms. The van der Waals surface area contributed by atoms with E-state index in [4.69, 9.17) is 4.74 Å². The molecule has 154 valence electrons. The topological polar surface area (TPSA) is 112 Å². The second-order valence-corrected chi connectivity index (χ2v) is 8.14. The minimum absolute atomic E-state index is 0.120. The molecule has 0 bridgehead atoms. The Kier molecular flexibility index (Phi) is 5.51. The summed E-state index contributed by atoms with van der Waals surface area (Å²) in [6.07, 6.45) is 2.76. The highest BCUT2D eigenvalue weighted by Crippen LogP contribution is 2.39. The molecule has 29 heavy (non-hydrogen) atoms. The van der Waals surface area contributed by atoms with Gasteiger partial charge in [-0.15, -0.1) is 0 Å². The first-order valence-electron chi connectivity index (χ1n) is 9.70. The third-order valence-corrected chi connectivity index (χ3v) is 5.74. The molecule has 1 heterocycles. The maximum absolute atomic E-state index is 12.9. The number of methoxy groups -OCH3 is 1. The highest BCUT2D eigenvalue weighted by Gasteiger charge is 2.49. The van der Waals surface area contributed by atoms with Crippen molar-refractivity contribution in [3.63, 3.8) is 0 Å². The third kappa shape index (κ3) is 4.34. The van der Waals surface area contributed by atoms with Gasteiger partial charge in [-0.25, -0.2) is 4.79 Å². The van der Waals surface area contributed by atoms with Gasteiger partial charge in [-0.2, -0.15) is 5.26 Å². The Balaban J connectivity index is 1.60. The maximum atomic E-state index is 12.9. The average molecular weight is 398 g/mol. The lowest BCUT2D eigenvalue weighted by molar-refractivity contribution is -0.135. The molecule has 1 aromatic carbocycles. The van der Waals surface area contributed by atoms with E-state index in [1.807, 2.05) is 24.3 Å². The second kappa shape index (κ2) is 7.74. The number of ether oxygens (including phenoxy) is 1. The van der Waals surface area contributed by atoms with Crippen LogP contribution in [0.3, 0.4) is 0 Å². The van der Waals surface area contributed by atoms with E-state index in [1.165, 1.54) is 0 Å². The van der Waals surface area contributed by atoms with Crippen molar-refractivity contribution in [3.8, 4) is 11.8 Å². The summed E-state index contributed by atoms with van der Waals surface area (Å²) in [6.45, 7) is 2.94. The monoisotopic (exact) mass is 398 g/mol. The van der Waals surface area contributed by atoms with Crippen LogP contribution in [-0.4, -0.2) is 47.5 Å². The number of imide groups is 1. The van der Waals surface area contributed by atoms with Gasteiger partial charge in [-0.3, -0.25) is 14.5 Å². The molecule has 0 unspecified atom stereocenters. The van der Waals surface area contributed by atoms with E-state index < -0.39 is 35.5 Å². The van der Waals surface area contributed by atoms with E-state index in [9.17, 15) is 19.6 Å². The molecule has 3 rings (SSSR count). The lowest BCUT2D eigenvalue weighted by Crippen LogP contribution is -2.51. The highest BCUT2D eigenvalue weighted by molar-refractivity contribution is 6.08. The molecule has 8 nitrogen and oxygen atoms in total. The van der Waals surface area contributed by atoms with Crippen molar-refractivity contribution in [2.45, 2.75) is 50.6 Å². The van der Waals surface area contributed by atoms with Crippen molar-refractivity contribution in [1.82, 2.24) is 15.5 Å². The number of hydrogen-bond acceptors (Lipinski definition) is 5. The van der Waals surface area contributed by atoms with Crippen LogP contribution in [-0.2, 0) is 16.0 Å². The fourth-order valence-corrected chi connectivity index (χ4v) is 3.60. The summed E-state index contributed by atoms with van der Waals surface area (Å²) in [5.74, 6) is -0.0765. The van der Waals surface area contributed by atoms with Crippen LogP contribution in [0.1, 0.15) is 38.7 Å². The number of amides is 4. The zero-order chi connectivity index (χ0) is 21.2. The van der Waals surface area contributed by atoms with Crippen LogP contribution in [0, 0.1) is 17.2 Å². The van der Waals surface area contributed by atoms with Crippen LogP contribution in [0.5, 0.6) is 5.75 Å². The molecule has 0 radical (unpaired) electrons. The predicted octanol–water partition coefficient (Wildman–Crippen LogP) is 1.75. The van der Waals surface area contributed by atoms with Crippen molar-refractivity contribution in [2.75, 3.05) is 13.7 Å². The molecule has 1 saturated heterocycles. The second-order valence-electron chi connectivity index (χ2n) is 8.14. The van der Waals surface area contributed by atoms with E-state index in [0.29, 0.717) is 12.8 Å². The Morgan fingerprint density at radius 3 is 2.59 bits per heavy atom. The molecule has 2 fully saturated rings. The smallest absolute Gasteiger partial charge is 0.325 e. The number of aryl methyl sites for hydroxylation is 1. The molecule has 1 aromatic rings. The molecular weight excluding hydrogens is 372 g/mol. The molecule has 1 aliphatic heterocycles. The van der Waals surface area contributed by atoms with E-state index in [1.54, 1.807) is 21.0 Å². The van der Waals surface area contributed by atoms with Crippen LogP contribution in [0.2, 0.25) is 0 Å². The Labute approximate surface area is 170 Å². The van der Waals surface area contributed by atoms with Gasteiger partial charge in [0.15, 0.2) is 0 Å². The first-order valence-corrected chi connectivity index (χ1v) is 9.70. The summed E-state index contributed by atoms with van der Waals surface area (Å²) >= 11 is 0. The van der Waals surface area contributed by atoms with Gasteiger partial charge in [-0.05, 0) is 63.1 Å². The molecule has 4 amide bonds. The van der Waals surface area contributed by atoms with Gasteiger partial charge in [-0.1, -0.05) is 12.1 Å². The number of urea groups is 1. The van der Waals surface area contributed by atoms with Gasteiger partial charge < -0.3 is 15.4 Å². The van der Waals surface area contributed by atoms with Crippen molar-refractivity contribution in [1.29, 1.82) is 5.26 Å². The van der Waals surface area contributed by atoms with Crippen molar-refractivity contribution in [2.24, 2.45) is 5.92 Å². The van der Waals surface area contributed by atoms with Crippen LogP contribution in [0.4, 0.5) is 4.79 Å². The van der Waals surface area contributed by atoms with E-state index in [2.05, 4.69) is 16.7 Å². The van der Waals surface area contributed by atoms with E-state index in [0.717, 1.165) is 29.1 Å². The maximum Gasteiger partial charge on any atom is 0.325 e. The Hall–Kier alpha value is -3.08. The Bertz CT molecular complexity index is 858. The number of nitrogens with zero attached hydrogens (tertiary/aromatic N) is 2. The number of nitrogens with one attached hydrogen (secondary N) is 2. The summed E-state index contributed by atoms with van der Waals surface area (Å²) < 4.78 is 5.13. The minimum Gasteiger partial charge on any atom is -0.497 e. The van der Waals surface area contributed by atoms with E-state index >= 15 is 0 Å². The number of nitriles is 1. The molecule has 2 N–H and O–H groups in total. The number of rotatable bonds is 8. The normalized spacial score (nSPS) is 23.2. The summed E-state index contributed by atoms with van der Waals surface area (Å²) in [4.78, 5) is 38.5. The zero-order valence-corrected chi connectivity index (χ0v) is 16.9. The fraction of sp³-hybridized carbons (Fsp3) is 0.524. The SMILES string of the molecule is COc1ccc(CC[C@@]2(C)NC(=O)N(CC(=O)N[C@@](C)(C#N)C3CC3)C2=O)cc1. The van der Waals surface area contributed by atoms with E-state index in [-0.39, 0.29) is 5.92 Å². The van der Waals surface area contributed by atoms with Gasteiger partial charge in [0.2, 0.25) is 5.91 Å². The summed E-state index contributed by atoms with van der Waals surface area (Å²) in [5.41, 5.74) is -1.03. The largest absolute Gasteiger partial charge is 0.497 e. The summed E-state index contributed by atoms with van der Waals surface area (Å²) in [6, 6.07) is 9.06. The van der Waals surface area contributed by atoms with Gasteiger partial charge in [0.25, 0.3) is 5.91 Å². The quantitative estimate of drug-likeness (QED) is 0.648. The van der Waals surface area contributed by atoms with Crippen LogP contribution in [0.15, 0.2) is 24.3 Å². The molecule has 1 aliphatic carbocycles. The van der Waals surface area contributed by atoms with Crippen LogP contribution >= 0.6 is 0 Å². The van der Waals surface area contributed by atoms with Gasteiger partial charge in [0, 0.05) is 0 Å². The van der Waals surface area contributed by atoms with Crippen molar-refractivity contribution in [3.05, 3.63) is 29.8 Å². The molecule has 0 spiro atoms. The van der Waals surface area contributed by atoms with Crippen molar-refractivity contribution < 1.29 is 19.1 Å². The standard InChI is InChI=1S/C21H26N4O4/c1-20(11-10-14-4-8-16(29-3)9-5-14)18(27)25(19(28)24-20)12-17(26)23-21(2,13-22)15-6-7-15/h4-5,8-9,15H,6-7,10-12H2,1-3H3,(H,23,26)(H,24,28)/t20-,21+/m1/s1. The average Bonchev–Trinajstić information content (AvgIpc) is 3.53. The number of carbonyl (C=O) groups is 3. The fourth-order valence-electron chi connectivity index (χ4n) is 3.60. The summed E-state index contributed by atoms with van der Waals surface area (Å²) in [5, 5.41) is 14.8. The Morgan fingerprint density at radius 2 is 2.03 bits per heavy atom. The molecule has 1 saturated carbocycles. The van der Waals surface area contributed by atoms with Gasteiger partial charge in [0.1, 0.15) is 23.4 Å². The van der Waals surface area contributed by atoms with Gasteiger partial charge >= 0.3 is 6.03 Å².